The van der Waals surface area contributed by atoms with Gasteiger partial charge >= 0.3 is 19.8 Å². The molecular formula is C45H78NO10P. The number of carboxylic acid groups (broad SMARTS) is 1. The van der Waals surface area contributed by atoms with Gasteiger partial charge in [0.25, 0.3) is 0 Å². The lowest BCUT2D eigenvalue weighted by atomic mass is 10.1. The van der Waals surface area contributed by atoms with Crippen LogP contribution in [0.2, 0.25) is 0 Å². The number of carbonyl (C=O) groups is 3. The zero-order valence-corrected chi connectivity index (χ0v) is 36.3. The van der Waals surface area contributed by atoms with E-state index >= 15 is 0 Å². The molecule has 1 amide bonds. The fourth-order valence-electron chi connectivity index (χ4n) is 5.59. The maximum atomic E-state index is 12.3. The first-order chi connectivity index (χ1) is 27.6. The molecule has 3 atom stereocenters. The summed E-state index contributed by atoms with van der Waals surface area (Å²) >= 11 is 0. The van der Waals surface area contributed by atoms with Gasteiger partial charge in [0, 0.05) is 12.8 Å². The molecule has 0 aliphatic carbocycles. The molecule has 0 heterocycles. The van der Waals surface area contributed by atoms with E-state index in [1.165, 1.54) is 25.7 Å². The van der Waals surface area contributed by atoms with E-state index in [0.717, 1.165) is 109 Å². The molecule has 0 aliphatic heterocycles. The van der Waals surface area contributed by atoms with E-state index in [1.54, 1.807) is 0 Å². The molecule has 0 spiro atoms. The van der Waals surface area contributed by atoms with Crippen LogP contribution in [0.25, 0.3) is 0 Å². The van der Waals surface area contributed by atoms with Crippen molar-refractivity contribution in [2.75, 3.05) is 19.8 Å². The third-order valence-electron chi connectivity index (χ3n) is 9.01. The number of carbonyl (C=O) groups excluding carboxylic acids is 2. The summed E-state index contributed by atoms with van der Waals surface area (Å²) in [5.74, 6) is -2.41. The molecule has 0 fully saturated rings. The van der Waals surface area contributed by atoms with Crippen LogP contribution in [-0.4, -0.2) is 64.9 Å². The van der Waals surface area contributed by atoms with E-state index in [2.05, 4.69) is 79.9 Å². The van der Waals surface area contributed by atoms with Crippen molar-refractivity contribution in [2.24, 2.45) is 0 Å². The summed E-state index contributed by atoms with van der Waals surface area (Å²) in [6.07, 6.45) is 45.4. The number of phosphoric ester groups is 1. The molecule has 57 heavy (non-hydrogen) atoms. The first-order valence-corrected chi connectivity index (χ1v) is 23.3. The molecule has 11 nitrogen and oxygen atoms in total. The Hall–Kier alpha value is -2.82. The van der Waals surface area contributed by atoms with Crippen LogP contribution in [0, 0.1) is 0 Å². The molecule has 0 aromatic rings. The number of carboxylic acids is 1. The maximum Gasteiger partial charge on any atom is 0.472 e. The zero-order valence-electron chi connectivity index (χ0n) is 35.4. The average Bonchev–Trinajstić information content (AvgIpc) is 3.18. The van der Waals surface area contributed by atoms with Gasteiger partial charge in [-0.2, -0.15) is 0 Å². The van der Waals surface area contributed by atoms with Crippen LogP contribution in [0.15, 0.2) is 60.8 Å². The van der Waals surface area contributed by atoms with E-state index in [9.17, 15) is 34.1 Å². The van der Waals surface area contributed by atoms with Crippen LogP contribution in [0.3, 0.4) is 0 Å². The number of phosphoric acid groups is 1. The van der Waals surface area contributed by atoms with Crippen molar-refractivity contribution in [1.82, 2.24) is 5.32 Å². The van der Waals surface area contributed by atoms with E-state index in [-0.39, 0.29) is 12.8 Å². The van der Waals surface area contributed by atoms with Crippen LogP contribution in [0.1, 0.15) is 174 Å². The number of nitrogens with one attached hydrogen (secondary N) is 1. The molecule has 0 aliphatic rings. The monoisotopic (exact) mass is 824 g/mol. The van der Waals surface area contributed by atoms with Gasteiger partial charge in [-0.15, -0.1) is 0 Å². The molecule has 0 bridgehead atoms. The lowest BCUT2D eigenvalue weighted by Crippen LogP contribution is -2.43. The molecule has 12 heteroatoms. The number of esters is 1. The van der Waals surface area contributed by atoms with Crippen LogP contribution >= 0.6 is 7.82 Å². The molecule has 0 rings (SSSR count). The third-order valence-corrected chi connectivity index (χ3v) is 9.96. The minimum Gasteiger partial charge on any atom is -0.480 e. The number of aliphatic hydroxyl groups is 1. The highest BCUT2D eigenvalue weighted by Gasteiger charge is 2.28. The molecule has 0 radical (unpaired) electrons. The summed E-state index contributed by atoms with van der Waals surface area (Å²) in [7, 11) is -4.76. The number of aliphatic hydroxyl groups excluding tert-OH is 1. The van der Waals surface area contributed by atoms with E-state index < -0.39 is 57.6 Å². The Morgan fingerprint density at radius 1 is 0.561 bits per heavy atom. The fraction of sp³-hybridized carbons (Fsp3) is 0.711. The molecule has 0 aromatic carbocycles. The smallest absolute Gasteiger partial charge is 0.472 e. The van der Waals surface area contributed by atoms with Gasteiger partial charge in [0.05, 0.1) is 13.2 Å². The number of allylic oxidation sites excluding steroid dienone is 10. The number of hydrogen-bond acceptors (Lipinski definition) is 8. The Kier molecular flexibility index (Phi) is 38.0. The Balaban J connectivity index is 3.93. The van der Waals surface area contributed by atoms with Crippen molar-refractivity contribution >= 4 is 25.7 Å². The maximum absolute atomic E-state index is 12.3. The Labute approximate surface area is 345 Å². The van der Waals surface area contributed by atoms with Crippen LogP contribution in [-0.2, 0) is 32.7 Å². The number of rotatable bonds is 40. The Bertz CT molecular complexity index is 1200. The second kappa shape index (κ2) is 40.0. The van der Waals surface area contributed by atoms with Gasteiger partial charge in [0.15, 0.2) is 6.04 Å². The number of aliphatic carboxylic acids is 1. The molecular weight excluding hydrogens is 745 g/mol. The summed E-state index contributed by atoms with van der Waals surface area (Å²) in [6.45, 7) is 2.47. The van der Waals surface area contributed by atoms with Gasteiger partial charge < -0.3 is 25.2 Å². The topological polar surface area (TPSA) is 169 Å². The summed E-state index contributed by atoms with van der Waals surface area (Å²) in [6, 6.07) is -1.56. The standard InChI is InChI=1S/C45H78NO10P/c1-3-5-7-9-11-13-15-16-17-18-19-20-21-22-23-24-25-26-27-28-30-32-34-36-43(48)46-42(45(50)51)40-56-57(52,53)55-39-41(47)38-54-44(49)37-35-33-31-29-14-12-10-8-6-4-2/h8,10-11,13,16-17,19-20,22-23,41-42,47H,3-7,9,12,14-15,18,21,24-40H2,1-2H3,(H,46,48)(H,50,51)(H,52,53)/b10-8-,13-11-,17-16-,20-19-,23-22-. The minimum atomic E-state index is -4.76. The quantitative estimate of drug-likeness (QED) is 0.0202. The summed E-state index contributed by atoms with van der Waals surface area (Å²) in [4.78, 5) is 45.8. The molecule has 328 valence electrons. The van der Waals surface area contributed by atoms with Gasteiger partial charge in [0.1, 0.15) is 12.7 Å². The van der Waals surface area contributed by atoms with E-state index in [1.807, 2.05) is 0 Å². The zero-order chi connectivity index (χ0) is 42.1. The van der Waals surface area contributed by atoms with Crippen molar-refractivity contribution in [3.63, 3.8) is 0 Å². The van der Waals surface area contributed by atoms with Crippen molar-refractivity contribution in [1.29, 1.82) is 0 Å². The van der Waals surface area contributed by atoms with E-state index in [0.29, 0.717) is 12.8 Å². The van der Waals surface area contributed by atoms with E-state index in [4.69, 9.17) is 13.8 Å². The molecule has 0 saturated carbocycles. The second-order valence-corrected chi connectivity index (χ2v) is 16.0. The molecule has 0 saturated heterocycles. The fourth-order valence-corrected chi connectivity index (χ4v) is 6.37. The molecule has 3 unspecified atom stereocenters. The van der Waals surface area contributed by atoms with Crippen LogP contribution < -0.4 is 5.32 Å². The highest BCUT2D eigenvalue weighted by Crippen LogP contribution is 2.43. The SMILES string of the molecule is CCC/C=C\CCCCCCCC(=O)OCC(O)COP(=O)(O)OCC(NC(=O)CCCCCCCCC/C=C\C/C=C\C/C=C\C/C=C\CCCCC)C(=O)O. The molecule has 0 aromatic heterocycles. The number of amides is 1. The van der Waals surface area contributed by atoms with Gasteiger partial charge in [0.2, 0.25) is 5.91 Å². The largest absolute Gasteiger partial charge is 0.480 e. The van der Waals surface area contributed by atoms with Gasteiger partial charge in [-0.25, -0.2) is 9.36 Å². The minimum absolute atomic E-state index is 0.130. The van der Waals surface area contributed by atoms with Gasteiger partial charge in [-0.1, -0.05) is 145 Å². The van der Waals surface area contributed by atoms with Gasteiger partial charge in [-0.05, 0) is 77.0 Å². The Morgan fingerprint density at radius 3 is 1.53 bits per heavy atom. The summed E-state index contributed by atoms with van der Waals surface area (Å²) in [5, 5.41) is 21.8. The number of hydrogen-bond donors (Lipinski definition) is 4. The molecule has 4 N–H and O–H groups in total. The number of unbranched alkanes of at least 4 members (excludes halogenated alkanes) is 16. The normalized spacial score (nSPS) is 14.3. The van der Waals surface area contributed by atoms with Gasteiger partial charge in [-0.3, -0.25) is 18.6 Å². The Morgan fingerprint density at radius 2 is 1.00 bits per heavy atom. The predicted octanol–water partition coefficient (Wildman–Crippen LogP) is 11.2. The lowest BCUT2D eigenvalue weighted by Gasteiger charge is -2.18. The first kappa shape index (κ1) is 54.2. The van der Waals surface area contributed by atoms with Crippen molar-refractivity contribution in [3.05, 3.63) is 60.8 Å². The van der Waals surface area contributed by atoms with Crippen molar-refractivity contribution < 1.29 is 47.8 Å². The number of ether oxygens (including phenoxy) is 1. The summed E-state index contributed by atoms with van der Waals surface area (Å²) < 4.78 is 26.8. The third kappa shape index (κ3) is 39.8. The highest BCUT2D eigenvalue weighted by molar-refractivity contribution is 7.47. The lowest BCUT2D eigenvalue weighted by molar-refractivity contribution is -0.147. The van der Waals surface area contributed by atoms with Crippen LogP contribution in [0.4, 0.5) is 0 Å². The van der Waals surface area contributed by atoms with Crippen LogP contribution in [0.5, 0.6) is 0 Å². The average molecular weight is 824 g/mol. The highest BCUT2D eigenvalue weighted by atomic mass is 31.2. The van der Waals surface area contributed by atoms with Crippen molar-refractivity contribution in [2.45, 2.75) is 187 Å². The van der Waals surface area contributed by atoms with Crippen molar-refractivity contribution in [3.8, 4) is 0 Å². The second-order valence-electron chi connectivity index (χ2n) is 14.5. The summed E-state index contributed by atoms with van der Waals surface area (Å²) in [5.41, 5.74) is 0. The predicted molar refractivity (Wildman–Crippen MR) is 231 cm³/mol. The first-order valence-electron chi connectivity index (χ1n) is 21.8.